The first-order valence-electron chi connectivity index (χ1n) is 8.83. The van der Waals surface area contributed by atoms with E-state index in [0.717, 1.165) is 0 Å². The number of esters is 1. The summed E-state index contributed by atoms with van der Waals surface area (Å²) >= 11 is 5.93. The van der Waals surface area contributed by atoms with Gasteiger partial charge in [0.05, 0.1) is 6.61 Å². The van der Waals surface area contributed by atoms with Crippen LogP contribution in [-0.2, 0) is 14.3 Å². The van der Waals surface area contributed by atoms with Gasteiger partial charge in [-0.2, -0.15) is 0 Å². The summed E-state index contributed by atoms with van der Waals surface area (Å²) in [7, 11) is 0. The van der Waals surface area contributed by atoms with Gasteiger partial charge in [0.2, 0.25) is 5.91 Å². The molecule has 0 saturated carbocycles. The van der Waals surface area contributed by atoms with Crippen LogP contribution in [0, 0.1) is 0 Å². The number of fused-ring (bicyclic) bond motifs is 1. The standard InChI is InChI=1S/C19H21ClN2O6/c1-3-21-16(23)8-6-14(19(26)27-4-2)22-17(24)13-10-11-9-12(20)5-7-15(11)28-18(13)25/h5,7,9-10,14H,3-4,6,8H2,1-2H3,(H,21,23)(H,22,24). The Morgan fingerprint density at radius 2 is 1.96 bits per heavy atom. The van der Waals surface area contributed by atoms with E-state index in [-0.39, 0.29) is 36.5 Å². The lowest BCUT2D eigenvalue weighted by Gasteiger charge is -2.17. The number of carbonyl (C=O) groups excluding carboxylic acids is 3. The third kappa shape index (κ3) is 5.56. The Bertz CT molecular complexity index is 940. The maximum Gasteiger partial charge on any atom is 0.349 e. The summed E-state index contributed by atoms with van der Waals surface area (Å²) in [4.78, 5) is 48.5. The zero-order chi connectivity index (χ0) is 20.7. The molecule has 0 aliphatic heterocycles. The Hall–Kier alpha value is -2.87. The zero-order valence-corrected chi connectivity index (χ0v) is 16.3. The molecule has 2 aromatic rings. The molecule has 2 rings (SSSR count). The minimum Gasteiger partial charge on any atom is -0.464 e. The van der Waals surface area contributed by atoms with E-state index in [1.165, 1.54) is 12.1 Å². The second kappa shape index (κ2) is 9.89. The highest BCUT2D eigenvalue weighted by Gasteiger charge is 2.25. The lowest BCUT2D eigenvalue weighted by Crippen LogP contribution is -2.43. The molecule has 2 amide bonds. The molecular formula is C19H21ClN2O6. The van der Waals surface area contributed by atoms with Gasteiger partial charge in [-0.25, -0.2) is 9.59 Å². The topological polar surface area (TPSA) is 115 Å². The number of benzene rings is 1. The molecule has 1 heterocycles. The summed E-state index contributed by atoms with van der Waals surface area (Å²) in [5.41, 5.74) is -0.843. The summed E-state index contributed by atoms with van der Waals surface area (Å²) in [5.74, 6) is -1.75. The summed E-state index contributed by atoms with van der Waals surface area (Å²) in [6.45, 7) is 3.97. The molecule has 1 aromatic carbocycles. The molecule has 1 aromatic heterocycles. The van der Waals surface area contributed by atoms with Crippen LogP contribution in [0.4, 0.5) is 0 Å². The third-order valence-corrected chi connectivity index (χ3v) is 4.08. The van der Waals surface area contributed by atoms with Crippen LogP contribution >= 0.6 is 11.6 Å². The smallest absolute Gasteiger partial charge is 0.349 e. The highest BCUT2D eigenvalue weighted by molar-refractivity contribution is 6.31. The minimum atomic E-state index is -1.08. The van der Waals surface area contributed by atoms with Gasteiger partial charge in [-0.05, 0) is 44.5 Å². The van der Waals surface area contributed by atoms with E-state index in [9.17, 15) is 19.2 Å². The second-order valence-corrected chi connectivity index (χ2v) is 6.34. The molecule has 8 nitrogen and oxygen atoms in total. The molecule has 9 heteroatoms. The van der Waals surface area contributed by atoms with Crippen molar-refractivity contribution in [1.82, 2.24) is 10.6 Å². The number of ether oxygens (including phenoxy) is 1. The monoisotopic (exact) mass is 408 g/mol. The average molecular weight is 409 g/mol. The number of rotatable bonds is 8. The summed E-state index contributed by atoms with van der Waals surface area (Å²) in [6, 6.07) is 4.90. The Morgan fingerprint density at radius 3 is 2.64 bits per heavy atom. The number of nitrogens with one attached hydrogen (secondary N) is 2. The minimum absolute atomic E-state index is 0.0134. The van der Waals surface area contributed by atoms with Crippen molar-refractivity contribution in [2.75, 3.05) is 13.2 Å². The number of hydrogen-bond acceptors (Lipinski definition) is 6. The molecule has 0 aliphatic carbocycles. The fourth-order valence-corrected chi connectivity index (χ4v) is 2.72. The van der Waals surface area contributed by atoms with Gasteiger partial charge in [-0.1, -0.05) is 11.6 Å². The Labute approximate surface area is 166 Å². The van der Waals surface area contributed by atoms with Crippen molar-refractivity contribution in [3.63, 3.8) is 0 Å². The zero-order valence-electron chi connectivity index (χ0n) is 15.5. The van der Waals surface area contributed by atoms with E-state index in [2.05, 4.69) is 10.6 Å². The lowest BCUT2D eigenvalue weighted by atomic mass is 10.1. The van der Waals surface area contributed by atoms with Crippen molar-refractivity contribution in [3.05, 3.63) is 45.3 Å². The first-order valence-corrected chi connectivity index (χ1v) is 9.21. The van der Waals surface area contributed by atoms with Crippen molar-refractivity contribution < 1.29 is 23.5 Å². The molecule has 0 aliphatic rings. The highest BCUT2D eigenvalue weighted by Crippen LogP contribution is 2.19. The molecule has 0 saturated heterocycles. The number of hydrogen-bond donors (Lipinski definition) is 2. The van der Waals surface area contributed by atoms with Crippen LogP contribution in [0.15, 0.2) is 33.5 Å². The molecule has 0 fully saturated rings. The van der Waals surface area contributed by atoms with E-state index in [4.69, 9.17) is 20.8 Å². The molecule has 1 unspecified atom stereocenters. The van der Waals surface area contributed by atoms with Gasteiger partial charge in [-0.15, -0.1) is 0 Å². The first kappa shape index (κ1) is 21.4. The van der Waals surface area contributed by atoms with Crippen molar-refractivity contribution in [3.8, 4) is 0 Å². The SMILES string of the molecule is CCNC(=O)CCC(NC(=O)c1cc2cc(Cl)ccc2oc1=O)C(=O)OCC. The van der Waals surface area contributed by atoms with Crippen molar-refractivity contribution >= 4 is 40.4 Å². The first-order chi connectivity index (χ1) is 13.3. The molecule has 150 valence electrons. The maximum absolute atomic E-state index is 12.6. The molecule has 0 spiro atoms. The molecule has 1 atom stereocenters. The van der Waals surface area contributed by atoms with Crippen LogP contribution in [0.2, 0.25) is 5.02 Å². The quantitative estimate of drug-likeness (QED) is 0.510. The number of carbonyl (C=O) groups is 3. The van der Waals surface area contributed by atoms with Crippen molar-refractivity contribution in [2.45, 2.75) is 32.7 Å². The van der Waals surface area contributed by atoms with Crippen LogP contribution in [-0.4, -0.2) is 37.0 Å². The van der Waals surface area contributed by atoms with Crippen molar-refractivity contribution in [2.24, 2.45) is 0 Å². The normalized spacial score (nSPS) is 11.7. The van der Waals surface area contributed by atoms with Gasteiger partial charge < -0.3 is 19.8 Å². The van der Waals surface area contributed by atoms with Crippen LogP contribution in [0.3, 0.4) is 0 Å². The lowest BCUT2D eigenvalue weighted by molar-refractivity contribution is -0.145. The summed E-state index contributed by atoms with van der Waals surface area (Å²) in [5, 5.41) is 5.94. The predicted octanol–water partition coefficient (Wildman–Crippen LogP) is 2.02. The van der Waals surface area contributed by atoms with E-state index in [1.807, 2.05) is 0 Å². The van der Waals surface area contributed by atoms with Gasteiger partial charge >= 0.3 is 11.6 Å². The van der Waals surface area contributed by atoms with Gasteiger partial charge in [0.15, 0.2) is 0 Å². The van der Waals surface area contributed by atoms with Crippen LogP contribution in [0.1, 0.15) is 37.0 Å². The fraction of sp³-hybridized carbons (Fsp3) is 0.368. The molecule has 0 bridgehead atoms. The maximum atomic E-state index is 12.6. The Morgan fingerprint density at radius 1 is 1.21 bits per heavy atom. The third-order valence-electron chi connectivity index (χ3n) is 3.85. The van der Waals surface area contributed by atoms with Crippen LogP contribution in [0.25, 0.3) is 11.0 Å². The van der Waals surface area contributed by atoms with E-state index < -0.39 is 23.5 Å². The molecule has 0 radical (unpaired) electrons. The average Bonchev–Trinajstić information content (AvgIpc) is 2.65. The van der Waals surface area contributed by atoms with E-state index in [0.29, 0.717) is 17.0 Å². The van der Waals surface area contributed by atoms with Crippen LogP contribution < -0.4 is 16.3 Å². The van der Waals surface area contributed by atoms with Crippen molar-refractivity contribution in [1.29, 1.82) is 0 Å². The molecular weight excluding hydrogens is 388 g/mol. The predicted molar refractivity (Wildman–Crippen MR) is 103 cm³/mol. The Balaban J connectivity index is 2.22. The summed E-state index contributed by atoms with van der Waals surface area (Å²) in [6.07, 6.45) is 0.0423. The van der Waals surface area contributed by atoms with Gasteiger partial charge in [-0.3, -0.25) is 9.59 Å². The molecule has 28 heavy (non-hydrogen) atoms. The molecule has 2 N–H and O–H groups in total. The van der Waals surface area contributed by atoms with Gasteiger partial charge in [0.25, 0.3) is 5.91 Å². The number of amides is 2. The van der Waals surface area contributed by atoms with Gasteiger partial charge in [0, 0.05) is 23.4 Å². The van der Waals surface area contributed by atoms with E-state index >= 15 is 0 Å². The fourth-order valence-electron chi connectivity index (χ4n) is 2.54. The highest BCUT2D eigenvalue weighted by atomic mass is 35.5. The second-order valence-electron chi connectivity index (χ2n) is 5.90. The summed E-state index contributed by atoms with van der Waals surface area (Å²) < 4.78 is 10.1. The van der Waals surface area contributed by atoms with Crippen LogP contribution in [0.5, 0.6) is 0 Å². The Kier molecular flexibility index (Phi) is 7.57. The van der Waals surface area contributed by atoms with E-state index in [1.54, 1.807) is 26.0 Å². The van der Waals surface area contributed by atoms with Gasteiger partial charge in [0.1, 0.15) is 17.2 Å². The largest absolute Gasteiger partial charge is 0.464 e. The number of halogens is 1.